The third kappa shape index (κ3) is 1.67. The third-order valence-corrected chi connectivity index (χ3v) is 4.57. The van der Waals surface area contributed by atoms with E-state index >= 15 is 0 Å². The quantitative estimate of drug-likeness (QED) is 0.578. The van der Waals surface area contributed by atoms with Crippen LogP contribution in [0.4, 0.5) is 53.0 Å². The lowest BCUT2D eigenvalue weighted by Gasteiger charge is -2.62. The van der Waals surface area contributed by atoms with E-state index in [1.165, 1.54) is 0 Å². The summed E-state index contributed by atoms with van der Waals surface area (Å²) >= 11 is 0. The second-order valence-corrected chi connectivity index (χ2v) is 6.10. The van der Waals surface area contributed by atoms with Crippen molar-refractivity contribution in [2.45, 2.75) is 54.8 Å². The molecule has 0 radical (unpaired) electrons. The van der Waals surface area contributed by atoms with E-state index in [0.29, 0.717) is 0 Å². The maximum absolute atomic E-state index is 14.2. The van der Waals surface area contributed by atoms with Gasteiger partial charge in [0.2, 0.25) is 5.67 Å². The summed E-state index contributed by atoms with van der Waals surface area (Å²) in [5.41, 5.74) is -14.9. The van der Waals surface area contributed by atoms with Gasteiger partial charge in [-0.15, -0.1) is 0 Å². The smallest absolute Gasteiger partial charge is 0.269 e. The SMILES string of the molecule is CC12CC(F)(F)C(F)(F)C(F)(C1(F)F)C(F)(F)C(F)(CF)C2.F. The summed E-state index contributed by atoms with van der Waals surface area (Å²) in [5.74, 6) is -24.3. The van der Waals surface area contributed by atoms with E-state index in [-0.39, 0.29) is 11.6 Å². The lowest BCUT2D eigenvalue weighted by atomic mass is 9.51. The molecule has 2 fully saturated rings. The molecule has 3 atom stereocenters. The second-order valence-electron chi connectivity index (χ2n) is 6.10. The summed E-state index contributed by atoms with van der Waals surface area (Å²) in [6.07, 6.45) is -4.69. The minimum absolute atomic E-state index is 0. The Hall–Kier alpha value is -0.840. The Bertz CT molecular complexity index is 491. The normalized spacial score (nSPS) is 45.9. The van der Waals surface area contributed by atoms with Crippen molar-refractivity contribution in [3.05, 3.63) is 0 Å². The molecule has 138 valence electrons. The number of fused-ring (bicyclic) bond motifs is 2. The van der Waals surface area contributed by atoms with Gasteiger partial charge in [-0.2, -0.15) is 26.3 Å². The zero-order valence-electron chi connectivity index (χ0n) is 11.2. The molecule has 0 aliphatic heterocycles. The topological polar surface area (TPSA) is 0 Å². The van der Waals surface area contributed by atoms with E-state index in [1.54, 1.807) is 0 Å². The maximum atomic E-state index is 14.2. The van der Waals surface area contributed by atoms with Gasteiger partial charge in [0.25, 0.3) is 5.92 Å². The van der Waals surface area contributed by atoms with Crippen LogP contribution in [0.15, 0.2) is 0 Å². The van der Waals surface area contributed by atoms with Gasteiger partial charge >= 0.3 is 23.4 Å². The molecular formula is C11H10F12. The Morgan fingerprint density at radius 2 is 1.13 bits per heavy atom. The van der Waals surface area contributed by atoms with Crippen LogP contribution in [-0.2, 0) is 0 Å². The second kappa shape index (κ2) is 4.41. The highest BCUT2D eigenvalue weighted by Gasteiger charge is 2.99. The first-order valence-corrected chi connectivity index (χ1v) is 5.92. The Labute approximate surface area is 121 Å². The summed E-state index contributed by atoms with van der Waals surface area (Å²) in [7, 11) is 0. The minimum atomic E-state index is -6.60. The molecule has 3 unspecified atom stereocenters. The van der Waals surface area contributed by atoms with Gasteiger partial charge in [0.1, 0.15) is 6.67 Å². The van der Waals surface area contributed by atoms with Crippen LogP contribution in [0.5, 0.6) is 0 Å². The van der Waals surface area contributed by atoms with Crippen molar-refractivity contribution in [2.24, 2.45) is 5.41 Å². The zero-order chi connectivity index (χ0) is 17.6. The summed E-state index contributed by atoms with van der Waals surface area (Å²) < 4.78 is 150. The van der Waals surface area contributed by atoms with Crippen LogP contribution >= 0.6 is 0 Å². The van der Waals surface area contributed by atoms with Gasteiger partial charge in [-0.05, 0) is 0 Å². The van der Waals surface area contributed by atoms with Crippen LogP contribution in [0, 0.1) is 5.41 Å². The molecule has 2 aliphatic rings. The van der Waals surface area contributed by atoms with Crippen LogP contribution in [0.2, 0.25) is 0 Å². The van der Waals surface area contributed by atoms with Gasteiger partial charge in [0, 0.05) is 18.3 Å². The van der Waals surface area contributed by atoms with Gasteiger partial charge in [-0.25, -0.2) is 22.0 Å². The molecule has 2 rings (SSSR count). The molecule has 0 aromatic carbocycles. The van der Waals surface area contributed by atoms with E-state index in [9.17, 15) is 48.3 Å². The fourth-order valence-corrected chi connectivity index (χ4v) is 3.31. The molecule has 0 saturated heterocycles. The van der Waals surface area contributed by atoms with E-state index < -0.39 is 60.0 Å². The molecule has 23 heavy (non-hydrogen) atoms. The largest absolute Gasteiger partial charge is 0.355 e. The first-order chi connectivity index (χ1) is 9.47. The van der Waals surface area contributed by atoms with Gasteiger partial charge in [0.15, 0.2) is 0 Å². The molecule has 12 heteroatoms. The number of hydrogen-bond donors (Lipinski definition) is 0. The maximum Gasteiger partial charge on any atom is 0.355 e. The van der Waals surface area contributed by atoms with Crippen molar-refractivity contribution in [3.8, 4) is 0 Å². The predicted molar refractivity (Wildman–Crippen MR) is 53.3 cm³/mol. The first kappa shape index (κ1) is 20.2. The Morgan fingerprint density at radius 3 is 1.52 bits per heavy atom. The van der Waals surface area contributed by atoms with Crippen molar-refractivity contribution >= 4 is 0 Å². The number of rotatable bonds is 1. The third-order valence-electron chi connectivity index (χ3n) is 4.57. The minimum Gasteiger partial charge on any atom is -0.269 e. The summed E-state index contributed by atoms with van der Waals surface area (Å²) in [6.45, 7) is -2.72. The van der Waals surface area contributed by atoms with Gasteiger partial charge in [-0.3, -0.25) is 4.70 Å². The van der Waals surface area contributed by atoms with Gasteiger partial charge < -0.3 is 0 Å². The van der Waals surface area contributed by atoms with E-state index in [4.69, 9.17) is 0 Å². The fraction of sp³-hybridized carbons (Fsp3) is 1.00. The summed E-state index contributed by atoms with van der Waals surface area (Å²) in [6, 6.07) is 0. The molecule has 0 N–H and O–H groups in total. The van der Waals surface area contributed by atoms with Crippen LogP contribution in [-0.4, -0.2) is 41.7 Å². The molecule has 0 aromatic rings. The van der Waals surface area contributed by atoms with Crippen molar-refractivity contribution in [3.63, 3.8) is 0 Å². The monoisotopic (exact) mass is 370 g/mol. The summed E-state index contributed by atoms with van der Waals surface area (Å²) in [4.78, 5) is 0. The average molecular weight is 370 g/mol. The number of halogens is 12. The van der Waals surface area contributed by atoms with Crippen molar-refractivity contribution < 1.29 is 53.0 Å². The molecule has 0 heterocycles. The zero-order valence-corrected chi connectivity index (χ0v) is 11.2. The van der Waals surface area contributed by atoms with Crippen LogP contribution < -0.4 is 0 Å². The highest BCUT2D eigenvalue weighted by atomic mass is 19.3. The van der Waals surface area contributed by atoms with Crippen LogP contribution in [0.3, 0.4) is 0 Å². The number of hydrogen-bond acceptors (Lipinski definition) is 0. The lowest BCUT2D eigenvalue weighted by Crippen LogP contribution is -2.86. The van der Waals surface area contributed by atoms with E-state index in [2.05, 4.69) is 0 Å². The molecule has 0 nitrogen and oxygen atoms in total. The predicted octanol–water partition coefficient (Wildman–Crippen LogP) is 4.88. The molecule has 2 bridgehead atoms. The highest BCUT2D eigenvalue weighted by molar-refractivity contribution is 5.32. The molecule has 0 spiro atoms. The Balaban J connectivity index is 0.00000264. The highest BCUT2D eigenvalue weighted by Crippen LogP contribution is 2.75. The average Bonchev–Trinajstić information content (AvgIpc) is 2.33. The fourth-order valence-electron chi connectivity index (χ4n) is 3.31. The Morgan fingerprint density at radius 1 is 0.696 bits per heavy atom. The van der Waals surface area contributed by atoms with Crippen molar-refractivity contribution in [2.75, 3.05) is 6.67 Å². The lowest BCUT2D eigenvalue weighted by molar-refractivity contribution is -0.466. The molecule has 2 aliphatic carbocycles. The van der Waals surface area contributed by atoms with Crippen molar-refractivity contribution in [1.82, 2.24) is 0 Å². The first-order valence-electron chi connectivity index (χ1n) is 5.92. The van der Waals surface area contributed by atoms with E-state index in [0.717, 1.165) is 0 Å². The van der Waals surface area contributed by atoms with Crippen LogP contribution in [0.25, 0.3) is 0 Å². The van der Waals surface area contributed by atoms with E-state index in [1.807, 2.05) is 0 Å². The standard InChI is InChI=1S/C11H9F11.FH/c1-5-2-6(13,4-12)10(19,20)8(16,9(5,17)18)11(21,22)7(14,15)3-5;/h2-4H2,1H3;1H. The van der Waals surface area contributed by atoms with Gasteiger partial charge in [0.05, 0.1) is 0 Å². The molecular weight excluding hydrogens is 360 g/mol. The molecule has 2 saturated carbocycles. The summed E-state index contributed by atoms with van der Waals surface area (Å²) in [5, 5.41) is 0. The number of alkyl halides is 11. The van der Waals surface area contributed by atoms with Gasteiger partial charge in [-0.1, -0.05) is 6.92 Å². The van der Waals surface area contributed by atoms with Crippen molar-refractivity contribution in [1.29, 1.82) is 0 Å². The molecule has 0 amide bonds. The molecule has 0 aromatic heterocycles. The van der Waals surface area contributed by atoms with Crippen LogP contribution in [0.1, 0.15) is 19.8 Å². The Kier molecular flexibility index (Phi) is 3.87.